The average Bonchev–Trinajstić information content (AvgIpc) is 2.85. The zero-order valence-corrected chi connectivity index (χ0v) is 19.5. The molecule has 0 unspecified atom stereocenters. The van der Waals surface area contributed by atoms with E-state index in [0.29, 0.717) is 29.1 Å². The Labute approximate surface area is 200 Å². The highest BCUT2D eigenvalue weighted by Gasteiger charge is 2.29. The number of anilines is 2. The minimum atomic E-state index is -4.32. The highest BCUT2D eigenvalue weighted by Crippen LogP contribution is 2.27. The zero-order chi connectivity index (χ0) is 25.4. The van der Waals surface area contributed by atoms with E-state index in [9.17, 15) is 18.0 Å². The van der Waals surface area contributed by atoms with Crippen LogP contribution in [0, 0.1) is 0 Å². The van der Waals surface area contributed by atoms with Crippen LogP contribution in [0.15, 0.2) is 36.5 Å². The van der Waals surface area contributed by atoms with Gasteiger partial charge in [-0.15, -0.1) is 0 Å². The van der Waals surface area contributed by atoms with Crippen molar-refractivity contribution in [3.8, 4) is 11.5 Å². The Morgan fingerprint density at radius 1 is 1.11 bits per heavy atom. The van der Waals surface area contributed by atoms with E-state index in [0.717, 1.165) is 5.56 Å². The summed E-state index contributed by atoms with van der Waals surface area (Å²) in [5.41, 5.74) is 1.66. The summed E-state index contributed by atoms with van der Waals surface area (Å²) in [6.07, 6.45) is -4.15. The van der Waals surface area contributed by atoms with Crippen molar-refractivity contribution in [2.24, 2.45) is 0 Å². The first-order valence-electron chi connectivity index (χ1n) is 10.7. The molecule has 188 valence electrons. The van der Waals surface area contributed by atoms with Crippen LogP contribution in [0.2, 0.25) is 0 Å². The Morgan fingerprint density at radius 2 is 1.91 bits per heavy atom. The number of methoxy groups -OCH3 is 3. The number of carbonyl (C=O) groups is 1. The predicted molar refractivity (Wildman–Crippen MR) is 124 cm³/mol. The number of nitrogens with zero attached hydrogens (tertiary/aromatic N) is 3. The van der Waals surface area contributed by atoms with Gasteiger partial charge in [0.05, 0.1) is 26.8 Å². The lowest BCUT2D eigenvalue weighted by Crippen LogP contribution is -2.31. The third-order valence-electron chi connectivity index (χ3n) is 5.14. The van der Waals surface area contributed by atoms with Crippen LogP contribution in [0.25, 0.3) is 11.0 Å². The summed E-state index contributed by atoms with van der Waals surface area (Å²) in [5, 5.41) is 6.01. The second-order valence-corrected chi connectivity index (χ2v) is 7.53. The third kappa shape index (κ3) is 7.08. The van der Waals surface area contributed by atoms with Gasteiger partial charge >= 0.3 is 12.1 Å². The molecule has 9 nitrogen and oxygen atoms in total. The van der Waals surface area contributed by atoms with E-state index in [1.54, 1.807) is 38.5 Å². The molecular weight excluding hydrogens is 467 g/mol. The zero-order valence-electron chi connectivity index (χ0n) is 19.5. The molecule has 0 bridgehead atoms. The molecule has 1 atom stereocenters. The number of carbonyl (C=O) groups excluding carboxylic acids is 1. The minimum absolute atomic E-state index is 0.101. The molecule has 0 spiro atoms. The van der Waals surface area contributed by atoms with Gasteiger partial charge in [-0.2, -0.15) is 18.2 Å². The third-order valence-corrected chi connectivity index (χ3v) is 5.14. The van der Waals surface area contributed by atoms with Gasteiger partial charge in [0, 0.05) is 30.8 Å². The summed E-state index contributed by atoms with van der Waals surface area (Å²) in [6.45, 7) is 0.310. The van der Waals surface area contributed by atoms with Gasteiger partial charge in [-0.25, -0.2) is 9.78 Å². The molecule has 0 amide bonds. The largest absolute Gasteiger partial charge is 0.497 e. The molecule has 12 heteroatoms. The molecule has 0 aliphatic carbocycles. The van der Waals surface area contributed by atoms with Crippen LogP contribution in [0.5, 0.6) is 11.5 Å². The van der Waals surface area contributed by atoms with Crippen molar-refractivity contribution < 1.29 is 32.2 Å². The Morgan fingerprint density at radius 3 is 2.60 bits per heavy atom. The lowest BCUT2D eigenvalue weighted by Gasteiger charge is -2.19. The van der Waals surface area contributed by atoms with E-state index < -0.39 is 24.6 Å². The number of aromatic nitrogens is 3. The van der Waals surface area contributed by atoms with Gasteiger partial charge in [0.15, 0.2) is 5.82 Å². The quantitative estimate of drug-likeness (QED) is 0.377. The number of hydrogen-bond acceptors (Lipinski definition) is 9. The van der Waals surface area contributed by atoms with Crippen LogP contribution < -0.4 is 20.1 Å². The van der Waals surface area contributed by atoms with Crippen LogP contribution >= 0.6 is 0 Å². The number of rotatable bonds is 11. The van der Waals surface area contributed by atoms with Crippen molar-refractivity contribution in [2.75, 3.05) is 32.0 Å². The molecule has 2 heterocycles. The number of alkyl halides is 3. The molecule has 2 N–H and O–H groups in total. The number of esters is 1. The molecule has 1 aromatic carbocycles. The number of benzene rings is 1. The number of pyridine rings is 1. The van der Waals surface area contributed by atoms with E-state index in [4.69, 9.17) is 14.2 Å². The first-order valence-corrected chi connectivity index (χ1v) is 10.7. The normalized spacial score (nSPS) is 12.2. The predicted octanol–water partition coefficient (Wildman–Crippen LogP) is 4.34. The molecule has 0 aliphatic rings. The summed E-state index contributed by atoms with van der Waals surface area (Å²) in [4.78, 5) is 25.4. The van der Waals surface area contributed by atoms with E-state index in [-0.39, 0.29) is 24.6 Å². The van der Waals surface area contributed by atoms with E-state index in [1.165, 1.54) is 13.3 Å². The van der Waals surface area contributed by atoms with Crippen LogP contribution in [0.4, 0.5) is 24.9 Å². The molecule has 3 aromatic rings. The summed E-state index contributed by atoms with van der Waals surface area (Å²) in [6, 6.07) is 7.73. The molecule has 0 saturated carbocycles. The van der Waals surface area contributed by atoms with Gasteiger partial charge < -0.3 is 24.8 Å². The molecule has 2 aromatic heterocycles. The fourth-order valence-corrected chi connectivity index (χ4v) is 3.38. The Hall–Kier alpha value is -3.83. The standard InChI is InChI=1S/C23H26F3N5O4/c1-33-15-9-8-14(18(12-15)34-2)13-28-22-30-16-7-5-11-27-19(16)20(31-22)29-17(21(32)35-3)6-4-10-23(24,25)26/h5,7-9,11-12,17H,4,6,10,13H2,1-3H3,(H2,28,29,30,31)/t17-/m1/s1. The molecule has 0 aliphatic heterocycles. The maximum atomic E-state index is 12.6. The Kier molecular flexibility index (Phi) is 8.50. The van der Waals surface area contributed by atoms with Crippen molar-refractivity contribution in [1.29, 1.82) is 0 Å². The molecule has 3 rings (SSSR count). The van der Waals surface area contributed by atoms with Gasteiger partial charge in [0.25, 0.3) is 0 Å². The highest BCUT2D eigenvalue weighted by molar-refractivity contribution is 5.88. The summed E-state index contributed by atoms with van der Waals surface area (Å²) >= 11 is 0. The first-order chi connectivity index (χ1) is 16.7. The van der Waals surface area contributed by atoms with Crippen molar-refractivity contribution in [3.63, 3.8) is 0 Å². The molecule has 0 saturated heterocycles. The van der Waals surface area contributed by atoms with Gasteiger partial charge in [-0.1, -0.05) is 0 Å². The summed E-state index contributed by atoms with van der Waals surface area (Å²) in [7, 11) is 4.28. The lowest BCUT2D eigenvalue weighted by molar-refractivity contribution is -0.144. The molecular formula is C23H26F3N5O4. The monoisotopic (exact) mass is 493 g/mol. The van der Waals surface area contributed by atoms with Crippen LogP contribution in [-0.4, -0.2) is 54.5 Å². The van der Waals surface area contributed by atoms with E-state index in [1.807, 2.05) is 6.07 Å². The molecule has 35 heavy (non-hydrogen) atoms. The Bertz CT molecular complexity index is 1160. The fourth-order valence-electron chi connectivity index (χ4n) is 3.38. The second kappa shape index (κ2) is 11.5. The van der Waals surface area contributed by atoms with E-state index >= 15 is 0 Å². The average molecular weight is 493 g/mol. The smallest absolute Gasteiger partial charge is 0.389 e. The first kappa shape index (κ1) is 25.8. The summed E-state index contributed by atoms with van der Waals surface area (Å²) in [5.74, 6) is 0.969. The second-order valence-electron chi connectivity index (χ2n) is 7.53. The van der Waals surface area contributed by atoms with Gasteiger partial charge in [-0.05, 0) is 37.1 Å². The highest BCUT2D eigenvalue weighted by atomic mass is 19.4. The van der Waals surface area contributed by atoms with Gasteiger partial charge in [-0.3, -0.25) is 4.98 Å². The molecule has 0 fully saturated rings. The Balaban J connectivity index is 1.85. The number of nitrogens with one attached hydrogen (secondary N) is 2. The number of halogens is 3. The summed E-state index contributed by atoms with van der Waals surface area (Å²) < 4.78 is 53.2. The van der Waals surface area contributed by atoms with Crippen molar-refractivity contribution in [2.45, 2.75) is 38.0 Å². The van der Waals surface area contributed by atoms with Crippen molar-refractivity contribution in [3.05, 3.63) is 42.1 Å². The van der Waals surface area contributed by atoms with Gasteiger partial charge in [0.1, 0.15) is 23.1 Å². The van der Waals surface area contributed by atoms with Crippen molar-refractivity contribution >= 4 is 28.8 Å². The topological polar surface area (TPSA) is 107 Å². The number of fused-ring (bicyclic) bond motifs is 1. The minimum Gasteiger partial charge on any atom is -0.497 e. The SMILES string of the molecule is COC(=O)[C@@H](CCCC(F)(F)F)Nc1nc(NCc2ccc(OC)cc2OC)nc2cccnc12. The fraction of sp³-hybridized carbons (Fsp3) is 0.391. The lowest BCUT2D eigenvalue weighted by atomic mass is 10.1. The van der Waals surface area contributed by atoms with Crippen LogP contribution in [0.1, 0.15) is 24.8 Å². The maximum Gasteiger partial charge on any atom is 0.389 e. The number of ether oxygens (including phenoxy) is 3. The van der Waals surface area contributed by atoms with Crippen LogP contribution in [0.3, 0.4) is 0 Å². The number of hydrogen-bond donors (Lipinski definition) is 2. The van der Waals surface area contributed by atoms with Crippen LogP contribution in [-0.2, 0) is 16.1 Å². The van der Waals surface area contributed by atoms with Gasteiger partial charge in [0.2, 0.25) is 5.95 Å². The van der Waals surface area contributed by atoms with E-state index in [2.05, 4.69) is 25.6 Å². The maximum absolute atomic E-state index is 12.6. The molecule has 0 radical (unpaired) electrons. The van der Waals surface area contributed by atoms with Crippen molar-refractivity contribution in [1.82, 2.24) is 15.0 Å².